The summed E-state index contributed by atoms with van der Waals surface area (Å²) in [6.07, 6.45) is 2.36. The van der Waals surface area contributed by atoms with Gasteiger partial charge in [0.05, 0.1) is 6.61 Å². The van der Waals surface area contributed by atoms with Gasteiger partial charge in [-0.1, -0.05) is 19.1 Å². The summed E-state index contributed by atoms with van der Waals surface area (Å²) >= 11 is 0. The highest BCUT2D eigenvalue weighted by molar-refractivity contribution is 5.25. The Labute approximate surface area is 127 Å². The first-order chi connectivity index (χ1) is 10.2. The summed E-state index contributed by atoms with van der Waals surface area (Å²) in [5.74, 6) is 0.471. The minimum atomic E-state index is -0.109. The fourth-order valence-electron chi connectivity index (χ4n) is 2.88. The Hall–Kier alpha value is -0.970. The molecule has 1 aliphatic heterocycles. The van der Waals surface area contributed by atoms with E-state index in [0.29, 0.717) is 12.5 Å². The Morgan fingerprint density at radius 3 is 3.00 bits per heavy atom. The molecule has 118 valence electrons. The third-order valence-corrected chi connectivity index (χ3v) is 3.95. The van der Waals surface area contributed by atoms with Crippen LogP contribution in [0.3, 0.4) is 0 Å². The van der Waals surface area contributed by atoms with Gasteiger partial charge >= 0.3 is 0 Å². The molecule has 1 fully saturated rings. The largest absolute Gasteiger partial charge is 0.381 e. The molecule has 2 rings (SSSR count). The van der Waals surface area contributed by atoms with Crippen molar-refractivity contribution in [1.82, 2.24) is 10.2 Å². The summed E-state index contributed by atoms with van der Waals surface area (Å²) in [6.45, 7) is 7.15. The SMILES string of the molecule is CCNCc1ccc(F)c(CN(C)CC2CCCOC2)c1. The first-order valence-electron chi connectivity index (χ1n) is 7.93. The molecule has 0 aromatic heterocycles. The van der Waals surface area contributed by atoms with E-state index in [1.807, 2.05) is 12.1 Å². The molecule has 4 heteroatoms. The van der Waals surface area contributed by atoms with Gasteiger partial charge in [0, 0.05) is 31.8 Å². The first kappa shape index (κ1) is 16.4. The van der Waals surface area contributed by atoms with Gasteiger partial charge in [-0.2, -0.15) is 0 Å². The maximum atomic E-state index is 14.0. The van der Waals surface area contributed by atoms with Crippen LogP contribution in [0.1, 0.15) is 30.9 Å². The van der Waals surface area contributed by atoms with E-state index < -0.39 is 0 Å². The average Bonchev–Trinajstić information content (AvgIpc) is 2.49. The number of hydrogen-bond donors (Lipinski definition) is 1. The predicted molar refractivity (Wildman–Crippen MR) is 83.7 cm³/mol. The number of ether oxygens (including phenoxy) is 1. The van der Waals surface area contributed by atoms with E-state index in [-0.39, 0.29) is 5.82 Å². The normalized spacial score (nSPS) is 19.1. The summed E-state index contributed by atoms with van der Waals surface area (Å²) in [7, 11) is 2.06. The van der Waals surface area contributed by atoms with Gasteiger partial charge in [0.15, 0.2) is 0 Å². The monoisotopic (exact) mass is 294 g/mol. The average molecular weight is 294 g/mol. The fraction of sp³-hybridized carbons (Fsp3) is 0.647. The fourth-order valence-corrected chi connectivity index (χ4v) is 2.88. The van der Waals surface area contributed by atoms with Crippen LogP contribution in [0.5, 0.6) is 0 Å². The van der Waals surface area contributed by atoms with Crippen LogP contribution >= 0.6 is 0 Å². The maximum absolute atomic E-state index is 14.0. The minimum absolute atomic E-state index is 0.109. The van der Waals surface area contributed by atoms with Crippen molar-refractivity contribution in [2.24, 2.45) is 5.92 Å². The zero-order valence-electron chi connectivity index (χ0n) is 13.2. The van der Waals surface area contributed by atoms with Crippen molar-refractivity contribution in [3.63, 3.8) is 0 Å². The van der Waals surface area contributed by atoms with Crippen LogP contribution in [-0.2, 0) is 17.8 Å². The van der Waals surface area contributed by atoms with Crippen LogP contribution < -0.4 is 5.32 Å². The van der Waals surface area contributed by atoms with E-state index in [1.165, 1.54) is 6.42 Å². The predicted octanol–water partition coefficient (Wildman–Crippen LogP) is 2.79. The Kier molecular flexibility index (Phi) is 6.61. The van der Waals surface area contributed by atoms with Crippen LogP contribution in [0.4, 0.5) is 4.39 Å². The van der Waals surface area contributed by atoms with Gasteiger partial charge in [-0.3, -0.25) is 0 Å². The molecule has 0 aliphatic carbocycles. The number of benzene rings is 1. The summed E-state index contributed by atoms with van der Waals surface area (Å²) in [5, 5.41) is 3.28. The smallest absolute Gasteiger partial charge is 0.127 e. The molecule has 0 radical (unpaired) electrons. The molecule has 1 N–H and O–H groups in total. The summed E-state index contributed by atoms with van der Waals surface area (Å²) < 4.78 is 19.5. The molecular weight excluding hydrogens is 267 g/mol. The number of rotatable bonds is 7. The summed E-state index contributed by atoms with van der Waals surface area (Å²) in [4.78, 5) is 2.20. The van der Waals surface area contributed by atoms with Gasteiger partial charge in [0.1, 0.15) is 5.82 Å². The van der Waals surface area contributed by atoms with Crippen molar-refractivity contribution in [3.05, 3.63) is 35.1 Å². The van der Waals surface area contributed by atoms with E-state index >= 15 is 0 Å². The second-order valence-corrected chi connectivity index (χ2v) is 5.99. The van der Waals surface area contributed by atoms with E-state index in [2.05, 4.69) is 24.2 Å². The Morgan fingerprint density at radius 2 is 2.29 bits per heavy atom. The highest BCUT2D eigenvalue weighted by Gasteiger charge is 2.16. The van der Waals surface area contributed by atoms with E-state index in [9.17, 15) is 4.39 Å². The second kappa shape index (κ2) is 8.47. The van der Waals surface area contributed by atoms with Gasteiger partial charge in [0.2, 0.25) is 0 Å². The molecule has 0 spiro atoms. The van der Waals surface area contributed by atoms with Crippen LogP contribution in [-0.4, -0.2) is 38.3 Å². The van der Waals surface area contributed by atoms with Crippen molar-refractivity contribution in [2.45, 2.75) is 32.9 Å². The molecule has 1 heterocycles. The highest BCUT2D eigenvalue weighted by Crippen LogP contribution is 2.17. The van der Waals surface area contributed by atoms with Crippen molar-refractivity contribution < 1.29 is 9.13 Å². The molecule has 0 amide bonds. The quantitative estimate of drug-likeness (QED) is 0.837. The third-order valence-electron chi connectivity index (χ3n) is 3.95. The molecule has 1 saturated heterocycles. The molecule has 3 nitrogen and oxygen atoms in total. The van der Waals surface area contributed by atoms with E-state index in [4.69, 9.17) is 4.74 Å². The molecule has 0 saturated carbocycles. The lowest BCUT2D eigenvalue weighted by Gasteiger charge is -2.27. The highest BCUT2D eigenvalue weighted by atomic mass is 19.1. The first-order valence-corrected chi connectivity index (χ1v) is 7.93. The van der Waals surface area contributed by atoms with Gasteiger partial charge in [0.25, 0.3) is 0 Å². The van der Waals surface area contributed by atoms with Crippen molar-refractivity contribution in [1.29, 1.82) is 0 Å². The van der Waals surface area contributed by atoms with Gasteiger partial charge in [-0.05, 0) is 44.0 Å². The Morgan fingerprint density at radius 1 is 1.43 bits per heavy atom. The summed E-state index contributed by atoms with van der Waals surface area (Å²) in [5.41, 5.74) is 1.92. The molecule has 21 heavy (non-hydrogen) atoms. The lowest BCUT2D eigenvalue weighted by Crippen LogP contribution is -2.30. The molecule has 1 aromatic carbocycles. The lowest BCUT2D eigenvalue weighted by atomic mass is 10.0. The van der Waals surface area contributed by atoms with E-state index in [1.54, 1.807) is 6.07 Å². The molecule has 1 aromatic rings. The number of hydrogen-bond acceptors (Lipinski definition) is 3. The van der Waals surface area contributed by atoms with Gasteiger partial charge in [-0.25, -0.2) is 4.39 Å². The molecule has 0 bridgehead atoms. The van der Waals surface area contributed by atoms with Crippen LogP contribution in [0.2, 0.25) is 0 Å². The zero-order valence-corrected chi connectivity index (χ0v) is 13.2. The standard InChI is InChI=1S/C17H27FN2O/c1-3-19-10-14-6-7-17(18)16(9-14)12-20(2)11-15-5-4-8-21-13-15/h6-7,9,15,19H,3-5,8,10-13H2,1-2H3. The Bertz CT molecular complexity index is 433. The molecule has 1 aliphatic rings. The molecule has 1 atom stereocenters. The van der Waals surface area contributed by atoms with Crippen molar-refractivity contribution in [2.75, 3.05) is 33.4 Å². The van der Waals surface area contributed by atoms with Gasteiger partial charge in [-0.15, -0.1) is 0 Å². The summed E-state index contributed by atoms with van der Waals surface area (Å²) in [6, 6.07) is 5.42. The number of halogens is 1. The maximum Gasteiger partial charge on any atom is 0.127 e. The second-order valence-electron chi connectivity index (χ2n) is 5.99. The molecule has 1 unspecified atom stereocenters. The van der Waals surface area contributed by atoms with Crippen LogP contribution in [0.25, 0.3) is 0 Å². The van der Waals surface area contributed by atoms with E-state index in [0.717, 1.165) is 50.4 Å². The van der Waals surface area contributed by atoms with Crippen LogP contribution in [0.15, 0.2) is 18.2 Å². The molecular formula is C17H27FN2O. The minimum Gasteiger partial charge on any atom is -0.381 e. The number of nitrogens with zero attached hydrogens (tertiary/aromatic N) is 1. The van der Waals surface area contributed by atoms with Crippen molar-refractivity contribution >= 4 is 0 Å². The zero-order chi connectivity index (χ0) is 15.1. The Balaban J connectivity index is 1.90. The number of nitrogens with one attached hydrogen (secondary N) is 1. The lowest BCUT2D eigenvalue weighted by molar-refractivity contribution is 0.0410. The van der Waals surface area contributed by atoms with Crippen LogP contribution in [0, 0.1) is 11.7 Å². The van der Waals surface area contributed by atoms with Crippen molar-refractivity contribution in [3.8, 4) is 0 Å². The van der Waals surface area contributed by atoms with Gasteiger partial charge < -0.3 is 15.0 Å². The topological polar surface area (TPSA) is 24.5 Å². The third kappa shape index (κ3) is 5.38.